The van der Waals surface area contributed by atoms with E-state index in [-0.39, 0.29) is 18.2 Å². The Kier molecular flexibility index (Phi) is 4.88. The fraction of sp³-hybridized carbons (Fsp3) is 0. The minimum absolute atomic E-state index is 0. The summed E-state index contributed by atoms with van der Waals surface area (Å²) in [4.78, 5) is 0. The number of phenols is 1. The fourth-order valence-corrected chi connectivity index (χ4v) is 3.97. The molecule has 0 spiro atoms. The Morgan fingerprint density at radius 2 is 1.59 bits per heavy atom. The number of rotatable bonds is 2. The number of nitrogen functional groups attached to an aromatic ring is 1. The van der Waals surface area contributed by atoms with Crippen molar-refractivity contribution in [3.05, 3.63) is 48.5 Å². The van der Waals surface area contributed by atoms with E-state index in [0.29, 0.717) is 5.69 Å². The maximum atomic E-state index is 10.2. The summed E-state index contributed by atoms with van der Waals surface area (Å²) in [6.45, 7) is 0. The van der Waals surface area contributed by atoms with Gasteiger partial charge in [0.2, 0.25) is 0 Å². The summed E-state index contributed by atoms with van der Waals surface area (Å²) in [5, 5.41) is 9.31. The molecule has 0 saturated carbocycles. The van der Waals surface area contributed by atoms with Gasteiger partial charge in [0.25, 0.3) is 0 Å². The summed E-state index contributed by atoms with van der Waals surface area (Å²) in [6, 6.07) is 14.4. The van der Waals surface area contributed by atoms with Crippen molar-refractivity contribution < 1.29 is 9.20 Å². The van der Waals surface area contributed by atoms with Gasteiger partial charge in [-0.2, -0.15) is 0 Å². The first-order valence-corrected chi connectivity index (χ1v) is 7.52. The molecule has 0 fully saturated rings. The van der Waals surface area contributed by atoms with E-state index in [1.165, 1.54) is 6.07 Å². The van der Waals surface area contributed by atoms with Gasteiger partial charge in [0, 0.05) is 0 Å². The van der Waals surface area contributed by atoms with E-state index >= 15 is 0 Å². The van der Waals surface area contributed by atoms with Crippen molar-refractivity contribution in [3.8, 4) is 5.75 Å². The van der Waals surface area contributed by atoms with E-state index in [9.17, 15) is 9.20 Å². The van der Waals surface area contributed by atoms with Crippen LogP contribution in [-0.2, 0) is 0 Å². The molecule has 0 bridgehead atoms. The van der Waals surface area contributed by atoms with Crippen LogP contribution in [-0.4, -0.2) is 24.2 Å². The van der Waals surface area contributed by atoms with Crippen molar-refractivity contribution >= 4 is 41.8 Å². The summed E-state index contributed by atoms with van der Waals surface area (Å²) in [5.74, 6) is 0.0548. The Bertz CT molecular complexity index is 493. The average Bonchev–Trinajstić information content (AvgIpc) is 2.33. The van der Waals surface area contributed by atoms with Crippen LogP contribution < -0.4 is 14.4 Å². The number of aromatic hydroxyl groups is 1. The number of hydrogen-bond donors (Lipinski definition) is 3. The van der Waals surface area contributed by atoms with Crippen molar-refractivity contribution in [2.45, 2.75) is 0 Å². The second-order valence-corrected chi connectivity index (χ2v) is 6.87. The van der Waals surface area contributed by atoms with Gasteiger partial charge in [0.1, 0.15) is 0 Å². The molecule has 90 valence electrons. The molecule has 5 heteroatoms. The van der Waals surface area contributed by atoms with Gasteiger partial charge >= 0.3 is 98.6 Å². The number of phenolic OH excluding ortho intramolecular Hbond substituents is 1. The Hall–Kier alpha value is -1.15. The quantitative estimate of drug-likeness (QED) is 0.429. The Morgan fingerprint density at radius 1 is 0.941 bits per heavy atom. The molecular formula is C12H13AsClNO2. The summed E-state index contributed by atoms with van der Waals surface area (Å²) < 4.78 is 12.0. The topological polar surface area (TPSA) is 66.5 Å². The van der Waals surface area contributed by atoms with Crippen LogP contribution in [0.4, 0.5) is 5.69 Å². The third-order valence-electron chi connectivity index (χ3n) is 2.26. The molecule has 2 aromatic rings. The van der Waals surface area contributed by atoms with Crippen LogP contribution in [0.2, 0.25) is 0 Å². The summed E-state index contributed by atoms with van der Waals surface area (Å²) >= 11 is -2.23. The zero-order valence-electron chi connectivity index (χ0n) is 8.95. The van der Waals surface area contributed by atoms with E-state index in [2.05, 4.69) is 0 Å². The summed E-state index contributed by atoms with van der Waals surface area (Å²) in [6.07, 6.45) is 0. The van der Waals surface area contributed by atoms with Gasteiger partial charge in [-0.25, -0.2) is 0 Å². The van der Waals surface area contributed by atoms with Crippen LogP contribution in [0.25, 0.3) is 0 Å². The third kappa shape index (κ3) is 3.16. The monoisotopic (exact) mass is 313 g/mol. The predicted octanol–water partition coefficient (Wildman–Crippen LogP) is 0.494. The van der Waals surface area contributed by atoms with Crippen LogP contribution in [0.3, 0.4) is 0 Å². The second-order valence-electron chi connectivity index (χ2n) is 3.39. The van der Waals surface area contributed by atoms with Crippen LogP contribution >= 0.6 is 12.4 Å². The molecule has 0 aliphatic heterocycles. The van der Waals surface area contributed by atoms with E-state index in [1.807, 2.05) is 30.3 Å². The Balaban J connectivity index is 0.00000144. The van der Waals surface area contributed by atoms with Crippen molar-refractivity contribution in [2.75, 3.05) is 5.73 Å². The average molecular weight is 314 g/mol. The molecule has 0 amide bonds. The van der Waals surface area contributed by atoms with E-state index in [0.717, 1.165) is 8.70 Å². The van der Waals surface area contributed by atoms with E-state index < -0.39 is 15.0 Å². The number of hydrogen-bond acceptors (Lipinski definition) is 3. The molecule has 3 nitrogen and oxygen atoms in total. The molecule has 0 aromatic heterocycles. The van der Waals surface area contributed by atoms with Crippen LogP contribution in [0, 0.1) is 0 Å². The SMILES string of the molecule is Cl.Nc1cc([As](O)c2ccccc2)ccc1O. The molecule has 0 radical (unpaired) electrons. The van der Waals surface area contributed by atoms with Crippen molar-refractivity contribution in [1.29, 1.82) is 0 Å². The first-order chi connectivity index (χ1) is 7.68. The second kappa shape index (κ2) is 5.97. The molecule has 0 saturated heterocycles. The summed E-state index contributed by atoms with van der Waals surface area (Å²) in [7, 11) is 0. The molecule has 17 heavy (non-hydrogen) atoms. The van der Waals surface area contributed by atoms with Crippen LogP contribution in [0.5, 0.6) is 5.75 Å². The van der Waals surface area contributed by atoms with E-state index in [4.69, 9.17) is 5.73 Å². The zero-order valence-corrected chi connectivity index (χ0v) is 11.6. The maximum absolute atomic E-state index is 10.2. The molecule has 2 aromatic carbocycles. The van der Waals surface area contributed by atoms with Gasteiger partial charge < -0.3 is 0 Å². The van der Waals surface area contributed by atoms with Gasteiger partial charge in [-0.05, 0) is 0 Å². The summed E-state index contributed by atoms with van der Waals surface area (Å²) in [5.41, 5.74) is 5.91. The van der Waals surface area contributed by atoms with Crippen LogP contribution in [0.15, 0.2) is 48.5 Å². The molecule has 1 atom stereocenters. The normalized spacial score (nSPS) is 11.6. The molecule has 1 unspecified atom stereocenters. The number of anilines is 1. The van der Waals surface area contributed by atoms with Gasteiger partial charge in [0.15, 0.2) is 0 Å². The molecule has 0 aliphatic carbocycles. The van der Waals surface area contributed by atoms with Crippen molar-refractivity contribution in [2.24, 2.45) is 0 Å². The minimum atomic E-state index is -2.23. The third-order valence-corrected chi connectivity index (χ3v) is 5.52. The van der Waals surface area contributed by atoms with E-state index in [1.54, 1.807) is 12.1 Å². The molecule has 2 rings (SSSR count). The van der Waals surface area contributed by atoms with Crippen molar-refractivity contribution in [1.82, 2.24) is 0 Å². The van der Waals surface area contributed by atoms with Gasteiger partial charge in [0.05, 0.1) is 0 Å². The molecule has 4 N–H and O–H groups in total. The van der Waals surface area contributed by atoms with Gasteiger partial charge in [-0.3, -0.25) is 0 Å². The predicted molar refractivity (Wildman–Crippen MR) is 73.5 cm³/mol. The molecular weight excluding hydrogens is 301 g/mol. The van der Waals surface area contributed by atoms with Gasteiger partial charge in [-0.15, -0.1) is 12.4 Å². The van der Waals surface area contributed by atoms with Gasteiger partial charge in [-0.1, -0.05) is 0 Å². The van der Waals surface area contributed by atoms with Crippen molar-refractivity contribution in [3.63, 3.8) is 0 Å². The molecule has 0 heterocycles. The molecule has 0 aliphatic rings. The Labute approximate surface area is 111 Å². The zero-order chi connectivity index (χ0) is 11.5. The van der Waals surface area contributed by atoms with Crippen LogP contribution in [0.1, 0.15) is 0 Å². The Morgan fingerprint density at radius 3 is 2.18 bits per heavy atom. The number of benzene rings is 2. The number of halogens is 1. The number of nitrogens with two attached hydrogens (primary N) is 1. The fourth-order valence-electron chi connectivity index (χ4n) is 1.39. The first kappa shape index (κ1) is 13.9. The standard InChI is InChI=1S/C12H12AsNO2.ClH/c14-11-8-10(6-7-12(11)15)13(16)9-4-2-1-3-5-9;/h1-8,15-16H,14H2;1H. The first-order valence-electron chi connectivity index (χ1n) is 4.81.